The first kappa shape index (κ1) is 9.45. The van der Waals surface area contributed by atoms with Crippen LogP contribution >= 0.6 is 0 Å². The molecule has 0 spiro atoms. The van der Waals surface area contributed by atoms with Crippen LogP contribution in [0.2, 0.25) is 0 Å². The standard InChI is InChI=1S/C12H6O.BH2O2/c1-2-4-8-7(3-1)5-9-10-6-13-12(9)11(8)10;2-1-3/h1-6H;2-3H. The molecule has 6 rings (SSSR count). The Bertz CT molecular complexity index is 687. The molecule has 16 heavy (non-hydrogen) atoms. The molecule has 0 amide bonds. The Kier molecular flexibility index (Phi) is 1.99. The van der Waals surface area contributed by atoms with Crippen LogP contribution in [0.25, 0.3) is 32.5 Å². The lowest BCUT2D eigenvalue weighted by Crippen LogP contribution is -1.81. The van der Waals surface area contributed by atoms with Gasteiger partial charge in [0, 0.05) is 16.2 Å². The highest BCUT2D eigenvalue weighted by atomic mass is 16.4. The number of rotatable bonds is 0. The number of hydrogen-bond donors (Lipinski definition) is 2. The van der Waals surface area contributed by atoms with E-state index in [-0.39, 0.29) is 7.69 Å². The molecule has 4 bridgehead atoms. The zero-order chi connectivity index (χ0) is 11.1. The molecule has 6 aromatic rings. The van der Waals surface area contributed by atoms with Crippen LogP contribution < -0.4 is 0 Å². The molecule has 0 saturated carbocycles. The summed E-state index contributed by atoms with van der Waals surface area (Å²) in [7, 11) is 0. The van der Waals surface area contributed by atoms with Crippen molar-refractivity contribution < 1.29 is 14.5 Å². The predicted molar refractivity (Wildman–Crippen MR) is 63.8 cm³/mol. The maximum atomic E-state index is 7.00. The first-order valence-corrected chi connectivity index (χ1v) is 4.90. The summed E-state index contributed by atoms with van der Waals surface area (Å²) in [5, 5.41) is 20.5. The van der Waals surface area contributed by atoms with Crippen LogP contribution in [0.4, 0.5) is 0 Å². The quantitative estimate of drug-likeness (QED) is 0.438. The molecule has 77 valence electrons. The van der Waals surface area contributed by atoms with Gasteiger partial charge in [0.2, 0.25) is 0 Å². The molecule has 0 fully saturated rings. The monoisotopic (exact) mass is 211 g/mol. The van der Waals surface area contributed by atoms with Crippen molar-refractivity contribution in [1.29, 1.82) is 0 Å². The highest BCUT2D eigenvalue weighted by Gasteiger charge is 2.19. The third-order valence-corrected chi connectivity index (χ3v) is 2.86. The van der Waals surface area contributed by atoms with Gasteiger partial charge in [0.25, 0.3) is 0 Å². The van der Waals surface area contributed by atoms with Crippen molar-refractivity contribution >= 4 is 40.2 Å². The first-order chi connectivity index (χ1) is 7.86. The fourth-order valence-corrected chi connectivity index (χ4v) is 2.23. The number of fused-ring (bicyclic) bond motifs is 1. The molecular formula is C12H8BO3. The molecule has 0 aliphatic rings. The normalized spacial score (nSPS) is 11.1. The number of furan rings is 2. The molecule has 0 aliphatic heterocycles. The fraction of sp³-hybridized carbons (Fsp3) is 0. The van der Waals surface area contributed by atoms with Crippen LogP contribution in [0.15, 0.2) is 41.0 Å². The Hall–Kier alpha value is -1.78. The number of hydrogen-bond acceptors (Lipinski definition) is 3. The fourth-order valence-electron chi connectivity index (χ4n) is 2.23. The lowest BCUT2D eigenvalue weighted by Gasteiger charge is -2.07. The minimum Gasteiger partial charge on any atom is -0.463 e. The Morgan fingerprint density at radius 2 is 1.75 bits per heavy atom. The van der Waals surface area contributed by atoms with Gasteiger partial charge >= 0.3 is 7.69 Å². The van der Waals surface area contributed by atoms with Crippen molar-refractivity contribution in [2.45, 2.75) is 0 Å². The smallest absolute Gasteiger partial charge is 0.463 e. The molecule has 2 N–H and O–H groups in total. The van der Waals surface area contributed by atoms with Crippen LogP contribution in [0.1, 0.15) is 0 Å². The third-order valence-electron chi connectivity index (χ3n) is 2.86. The van der Waals surface area contributed by atoms with Crippen molar-refractivity contribution in [1.82, 2.24) is 0 Å². The summed E-state index contributed by atoms with van der Waals surface area (Å²) in [6.07, 6.45) is 1.85. The molecule has 0 saturated heterocycles. The maximum Gasteiger partial charge on any atom is 0.482 e. The second kappa shape index (κ2) is 3.37. The minimum atomic E-state index is 0. The average Bonchev–Trinajstić information content (AvgIpc) is 2.92. The number of benzene rings is 3. The van der Waals surface area contributed by atoms with Crippen LogP contribution in [-0.2, 0) is 0 Å². The van der Waals surface area contributed by atoms with Crippen LogP contribution in [0.3, 0.4) is 0 Å². The second-order valence-corrected chi connectivity index (χ2v) is 3.61. The summed E-state index contributed by atoms with van der Waals surface area (Å²) < 4.78 is 5.40. The van der Waals surface area contributed by atoms with Gasteiger partial charge in [0.05, 0.1) is 6.26 Å². The molecule has 3 nitrogen and oxygen atoms in total. The Labute approximate surface area is 91.9 Å². The second-order valence-electron chi connectivity index (χ2n) is 3.61. The van der Waals surface area contributed by atoms with Gasteiger partial charge in [-0.2, -0.15) is 0 Å². The van der Waals surface area contributed by atoms with E-state index in [2.05, 4.69) is 30.3 Å². The molecular weight excluding hydrogens is 203 g/mol. The minimum absolute atomic E-state index is 0. The molecule has 2 aromatic heterocycles. The highest BCUT2D eigenvalue weighted by molar-refractivity contribution is 6.34. The Balaban J connectivity index is 0.000000247. The van der Waals surface area contributed by atoms with E-state index >= 15 is 0 Å². The van der Waals surface area contributed by atoms with Gasteiger partial charge in [0.1, 0.15) is 5.58 Å². The van der Waals surface area contributed by atoms with Gasteiger partial charge in [-0.3, -0.25) is 0 Å². The average molecular weight is 211 g/mol. The molecule has 1 radical (unpaired) electrons. The van der Waals surface area contributed by atoms with Gasteiger partial charge in [-0.1, -0.05) is 24.3 Å². The van der Waals surface area contributed by atoms with Crippen LogP contribution in [0.5, 0.6) is 0 Å². The summed E-state index contributed by atoms with van der Waals surface area (Å²) in [4.78, 5) is 0. The van der Waals surface area contributed by atoms with E-state index in [4.69, 9.17) is 14.5 Å². The van der Waals surface area contributed by atoms with Gasteiger partial charge in [0.15, 0.2) is 0 Å². The zero-order valence-electron chi connectivity index (χ0n) is 8.34. The van der Waals surface area contributed by atoms with Gasteiger partial charge in [-0.15, -0.1) is 0 Å². The molecule has 4 aromatic carbocycles. The lowest BCUT2D eigenvalue weighted by molar-refractivity contribution is 0.448. The largest absolute Gasteiger partial charge is 0.482 e. The highest BCUT2D eigenvalue weighted by Crippen LogP contribution is 2.44. The molecule has 0 unspecified atom stereocenters. The first-order valence-electron chi connectivity index (χ1n) is 4.90. The predicted octanol–water partition coefficient (Wildman–Crippen LogP) is 2.12. The Morgan fingerprint density at radius 1 is 1.00 bits per heavy atom. The summed E-state index contributed by atoms with van der Waals surface area (Å²) in [6.45, 7) is 0. The van der Waals surface area contributed by atoms with Crippen LogP contribution in [0, 0.1) is 0 Å². The zero-order valence-corrected chi connectivity index (χ0v) is 8.34. The summed E-state index contributed by atoms with van der Waals surface area (Å²) in [5.74, 6) is 0. The van der Waals surface area contributed by atoms with Gasteiger partial charge < -0.3 is 14.5 Å². The summed E-state index contributed by atoms with van der Waals surface area (Å²) in [6, 6.07) is 10.6. The van der Waals surface area contributed by atoms with Crippen LogP contribution in [-0.4, -0.2) is 17.7 Å². The van der Waals surface area contributed by atoms with Crippen molar-refractivity contribution in [3.05, 3.63) is 36.6 Å². The molecule has 2 heterocycles. The van der Waals surface area contributed by atoms with E-state index in [0.717, 1.165) is 5.58 Å². The van der Waals surface area contributed by atoms with E-state index in [1.54, 1.807) is 0 Å². The summed E-state index contributed by atoms with van der Waals surface area (Å²) >= 11 is 0. The maximum absolute atomic E-state index is 7.00. The van der Waals surface area contributed by atoms with E-state index in [1.807, 2.05) is 6.26 Å². The van der Waals surface area contributed by atoms with Gasteiger partial charge in [-0.25, -0.2) is 0 Å². The molecule has 4 heteroatoms. The molecule has 0 aliphatic carbocycles. The van der Waals surface area contributed by atoms with E-state index in [0.29, 0.717) is 0 Å². The SMILES string of the molecule is O[B]O.c1ccc2c(c1)cc1c3coc1c23. The summed E-state index contributed by atoms with van der Waals surface area (Å²) in [5.41, 5.74) is 1.08. The van der Waals surface area contributed by atoms with Crippen molar-refractivity contribution in [3.8, 4) is 0 Å². The van der Waals surface area contributed by atoms with Crippen molar-refractivity contribution in [2.24, 2.45) is 0 Å². The topological polar surface area (TPSA) is 53.6 Å². The van der Waals surface area contributed by atoms with E-state index < -0.39 is 0 Å². The Morgan fingerprint density at radius 3 is 2.44 bits per heavy atom. The van der Waals surface area contributed by atoms with Gasteiger partial charge in [-0.05, 0) is 16.8 Å². The van der Waals surface area contributed by atoms with Crippen molar-refractivity contribution in [2.75, 3.05) is 0 Å². The van der Waals surface area contributed by atoms with Crippen molar-refractivity contribution in [3.63, 3.8) is 0 Å². The van der Waals surface area contributed by atoms with E-state index in [9.17, 15) is 0 Å². The van der Waals surface area contributed by atoms with E-state index in [1.165, 1.54) is 26.9 Å². The third kappa shape index (κ3) is 1.05. The lowest BCUT2D eigenvalue weighted by atomic mass is 9.94. The molecule has 0 atom stereocenters.